The first kappa shape index (κ1) is 21.4. The van der Waals surface area contributed by atoms with Crippen molar-refractivity contribution in [2.45, 2.75) is 39.2 Å². The van der Waals surface area contributed by atoms with Gasteiger partial charge in [-0.25, -0.2) is 0 Å². The monoisotopic (exact) mass is 410 g/mol. The fraction of sp³-hybridized carbons (Fsp3) is 0.348. The molecule has 0 radical (unpaired) electrons. The van der Waals surface area contributed by atoms with Crippen molar-refractivity contribution in [3.63, 3.8) is 0 Å². The number of carbonyl (C=O) groups excluding carboxylic acids is 1. The highest BCUT2D eigenvalue weighted by atomic mass is 16.6. The first-order valence-electron chi connectivity index (χ1n) is 10.1. The lowest BCUT2D eigenvalue weighted by atomic mass is 9.86. The maximum atomic E-state index is 12.7. The lowest BCUT2D eigenvalue weighted by Gasteiger charge is -2.32. The van der Waals surface area contributed by atoms with Crippen molar-refractivity contribution in [1.29, 1.82) is 0 Å². The predicted molar refractivity (Wildman–Crippen MR) is 114 cm³/mol. The second kappa shape index (κ2) is 9.91. The number of anilines is 1. The van der Waals surface area contributed by atoms with Gasteiger partial charge in [0.05, 0.1) is 12.6 Å². The number of aliphatic carboxylic acids is 1. The first-order chi connectivity index (χ1) is 14.5. The van der Waals surface area contributed by atoms with Gasteiger partial charge in [-0.2, -0.15) is 0 Å². The fourth-order valence-corrected chi connectivity index (χ4v) is 3.54. The molecule has 2 N–H and O–H groups in total. The van der Waals surface area contributed by atoms with Crippen LogP contribution in [0.3, 0.4) is 0 Å². The Morgan fingerprint density at radius 1 is 1.23 bits per heavy atom. The molecule has 7 nitrogen and oxygen atoms in total. The number of carbonyl (C=O) groups is 2. The smallest absolute Gasteiger partial charge is 0.303 e. The zero-order valence-corrected chi connectivity index (χ0v) is 17.1. The summed E-state index contributed by atoms with van der Waals surface area (Å²) in [4.78, 5) is 28.8. The van der Waals surface area contributed by atoms with Crippen LogP contribution in [0.5, 0.6) is 5.75 Å². The van der Waals surface area contributed by atoms with Crippen LogP contribution in [0.25, 0.3) is 0 Å². The largest absolute Gasteiger partial charge is 0.490 e. The summed E-state index contributed by atoms with van der Waals surface area (Å²) in [5, 5.41) is 15.9. The standard InChI is InChI=1S/C23H26N2O5/c1-3-20-18(13-22(26)27)12-17-11-16(7-10-21(17)30-20)23(28)25-19-8-5-15(6-9-19)14-24-29-4-2/h5-11,14,18,20H,3-4,12-13H2,1-2H3,(H,25,28)(H,26,27). The van der Waals surface area contributed by atoms with Gasteiger partial charge in [0.25, 0.3) is 5.91 Å². The maximum Gasteiger partial charge on any atom is 0.303 e. The maximum absolute atomic E-state index is 12.7. The minimum Gasteiger partial charge on any atom is -0.490 e. The van der Waals surface area contributed by atoms with Gasteiger partial charge in [-0.3, -0.25) is 9.59 Å². The number of benzene rings is 2. The van der Waals surface area contributed by atoms with Crippen molar-refractivity contribution in [2.75, 3.05) is 11.9 Å². The van der Waals surface area contributed by atoms with Crippen molar-refractivity contribution in [2.24, 2.45) is 11.1 Å². The third-order valence-electron chi connectivity index (χ3n) is 5.02. The zero-order valence-electron chi connectivity index (χ0n) is 17.1. The van der Waals surface area contributed by atoms with E-state index in [0.717, 1.165) is 23.3 Å². The fourth-order valence-electron chi connectivity index (χ4n) is 3.54. The quantitative estimate of drug-likeness (QED) is 0.504. The lowest BCUT2D eigenvalue weighted by Crippen LogP contribution is -2.34. The molecule has 0 saturated heterocycles. The predicted octanol–water partition coefficient (Wildman–Crippen LogP) is 4.11. The zero-order chi connectivity index (χ0) is 21.5. The van der Waals surface area contributed by atoms with E-state index in [4.69, 9.17) is 9.57 Å². The van der Waals surface area contributed by atoms with Crippen molar-refractivity contribution < 1.29 is 24.3 Å². The van der Waals surface area contributed by atoms with Gasteiger partial charge in [0.15, 0.2) is 0 Å². The number of nitrogens with one attached hydrogen (secondary N) is 1. The molecule has 0 saturated carbocycles. The number of ether oxygens (including phenoxy) is 1. The molecule has 7 heteroatoms. The minimum absolute atomic E-state index is 0.0489. The highest BCUT2D eigenvalue weighted by Crippen LogP contribution is 2.34. The van der Waals surface area contributed by atoms with Crippen LogP contribution >= 0.6 is 0 Å². The molecule has 2 aromatic carbocycles. The lowest BCUT2D eigenvalue weighted by molar-refractivity contribution is -0.139. The van der Waals surface area contributed by atoms with Crippen LogP contribution < -0.4 is 10.1 Å². The molecule has 0 aromatic heterocycles. The average molecular weight is 410 g/mol. The van der Waals surface area contributed by atoms with E-state index in [1.165, 1.54) is 0 Å². The second-order valence-corrected chi connectivity index (χ2v) is 7.18. The van der Waals surface area contributed by atoms with Crippen LogP contribution in [0.1, 0.15) is 48.2 Å². The Hall–Kier alpha value is -3.35. The molecule has 0 aliphatic carbocycles. The van der Waals surface area contributed by atoms with E-state index < -0.39 is 5.97 Å². The van der Waals surface area contributed by atoms with Gasteiger partial charge in [0.2, 0.25) is 0 Å². The Bertz CT molecular complexity index is 924. The molecular weight excluding hydrogens is 384 g/mol. The Labute approximate surface area is 175 Å². The van der Waals surface area contributed by atoms with E-state index in [1.54, 1.807) is 36.5 Å². The number of carboxylic acid groups (broad SMARTS) is 1. The number of hydrogen-bond donors (Lipinski definition) is 2. The molecule has 30 heavy (non-hydrogen) atoms. The van der Waals surface area contributed by atoms with Gasteiger partial charge in [-0.05, 0) is 61.2 Å². The number of amides is 1. The van der Waals surface area contributed by atoms with Gasteiger partial charge >= 0.3 is 5.97 Å². The van der Waals surface area contributed by atoms with Crippen LogP contribution in [-0.4, -0.2) is 35.9 Å². The van der Waals surface area contributed by atoms with E-state index in [0.29, 0.717) is 24.3 Å². The third-order valence-corrected chi connectivity index (χ3v) is 5.02. The van der Waals surface area contributed by atoms with Gasteiger partial charge in [-0.1, -0.05) is 24.2 Å². The first-order valence-corrected chi connectivity index (χ1v) is 10.1. The Morgan fingerprint density at radius 3 is 2.67 bits per heavy atom. The summed E-state index contributed by atoms with van der Waals surface area (Å²) in [7, 11) is 0. The van der Waals surface area contributed by atoms with E-state index in [2.05, 4.69) is 10.5 Å². The van der Waals surface area contributed by atoms with E-state index >= 15 is 0 Å². The highest BCUT2D eigenvalue weighted by molar-refractivity contribution is 6.04. The molecule has 1 aliphatic heterocycles. The van der Waals surface area contributed by atoms with Crippen molar-refractivity contribution in [3.05, 3.63) is 59.2 Å². The Kier molecular flexibility index (Phi) is 7.06. The SMILES string of the molecule is CCON=Cc1ccc(NC(=O)c2ccc3c(c2)CC(CC(=O)O)C(CC)O3)cc1. The van der Waals surface area contributed by atoms with E-state index in [9.17, 15) is 14.7 Å². The molecule has 0 spiro atoms. The molecule has 1 heterocycles. The molecule has 2 unspecified atom stereocenters. The topological polar surface area (TPSA) is 97.2 Å². The van der Waals surface area contributed by atoms with Gasteiger partial charge in [-0.15, -0.1) is 0 Å². The normalized spacial score (nSPS) is 17.8. The number of nitrogens with zero attached hydrogens (tertiary/aromatic N) is 1. The molecule has 1 aliphatic rings. The molecular formula is C23H26N2O5. The van der Waals surface area contributed by atoms with Crippen LogP contribution in [0.15, 0.2) is 47.6 Å². The van der Waals surface area contributed by atoms with Crippen LogP contribution in [0.2, 0.25) is 0 Å². The summed E-state index contributed by atoms with van der Waals surface area (Å²) in [6, 6.07) is 12.6. The van der Waals surface area contributed by atoms with Crippen LogP contribution in [-0.2, 0) is 16.1 Å². The molecule has 158 valence electrons. The Balaban J connectivity index is 1.70. The summed E-state index contributed by atoms with van der Waals surface area (Å²) in [5.41, 5.74) is 2.89. The van der Waals surface area contributed by atoms with Gasteiger partial charge in [0, 0.05) is 17.2 Å². The van der Waals surface area contributed by atoms with Gasteiger partial charge < -0.3 is 20.0 Å². The summed E-state index contributed by atoms with van der Waals surface area (Å²) in [6.07, 6.45) is 2.85. The van der Waals surface area contributed by atoms with Crippen LogP contribution in [0, 0.1) is 5.92 Å². The molecule has 0 bridgehead atoms. The van der Waals surface area contributed by atoms with E-state index in [-0.39, 0.29) is 24.3 Å². The molecule has 2 atom stereocenters. The number of carboxylic acids is 1. The summed E-state index contributed by atoms with van der Waals surface area (Å²) in [5.74, 6) is -0.461. The summed E-state index contributed by atoms with van der Waals surface area (Å²) in [6.45, 7) is 4.35. The number of fused-ring (bicyclic) bond motifs is 1. The number of oxime groups is 1. The van der Waals surface area contributed by atoms with E-state index in [1.807, 2.05) is 26.0 Å². The van der Waals surface area contributed by atoms with Crippen molar-refractivity contribution in [1.82, 2.24) is 0 Å². The number of hydrogen-bond acceptors (Lipinski definition) is 5. The molecule has 1 amide bonds. The van der Waals surface area contributed by atoms with Crippen LogP contribution in [0.4, 0.5) is 5.69 Å². The average Bonchev–Trinajstić information content (AvgIpc) is 2.73. The highest BCUT2D eigenvalue weighted by Gasteiger charge is 2.31. The third kappa shape index (κ3) is 5.37. The van der Waals surface area contributed by atoms with Crippen molar-refractivity contribution in [3.8, 4) is 5.75 Å². The van der Waals surface area contributed by atoms with Crippen molar-refractivity contribution >= 4 is 23.8 Å². The van der Waals surface area contributed by atoms with Gasteiger partial charge in [0.1, 0.15) is 18.5 Å². The molecule has 2 aromatic rings. The minimum atomic E-state index is -0.839. The molecule has 3 rings (SSSR count). The summed E-state index contributed by atoms with van der Waals surface area (Å²) < 4.78 is 5.98. The summed E-state index contributed by atoms with van der Waals surface area (Å²) >= 11 is 0. The molecule has 0 fully saturated rings. The number of rotatable bonds is 8. The Morgan fingerprint density at radius 2 is 2.00 bits per heavy atom. The second-order valence-electron chi connectivity index (χ2n) is 7.18.